The zero-order chi connectivity index (χ0) is 8.36. The van der Waals surface area contributed by atoms with Gasteiger partial charge in [-0.15, -0.1) is 5.92 Å². The predicted octanol–water partition coefficient (Wildman–Crippen LogP) is 2.66. The van der Waals surface area contributed by atoms with Crippen LogP contribution in [0.4, 0.5) is 0 Å². The Morgan fingerprint density at radius 3 is 1.70 bits per heavy atom. The van der Waals surface area contributed by atoms with Crippen LogP contribution in [0.3, 0.4) is 0 Å². The molecular formula is C9H19O-. The first-order valence-electron chi connectivity index (χ1n) is 3.87. The molecule has 0 radical (unpaired) electrons. The highest BCUT2D eigenvalue weighted by Gasteiger charge is 2.19. The molecule has 0 aromatic rings. The molecule has 0 saturated heterocycles. The minimum atomic E-state index is -0.0891. The highest BCUT2D eigenvalue weighted by Crippen LogP contribution is 2.21. The van der Waals surface area contributed by atoms with E-state index in [-0.39, 0.29) is 5.60 Å². The van der Waals surface area contributed by atoms with Gasteiger partial charge in [-0.3, -0.25) is 0 Å². The van der Waals surface area contributed by atoms with Gasteiger partial charge < -0.3 is 11.7 Å². The first-order chi connectivity index (χ1) is 4.36. The first kappa shape index (κ1) is 9.96. The Bertz CT molecular complexity index is 92.9. The Labute approximate surface area is 64.8 Å². The van der Waals surface area contributed by atoms with E-state index in [1.54, 1.807) is 0 Å². The molecule has 0 rings (SSSR count). The van der Waals surface area contributed by atoms with Crippen LogP contribution in [-0.4, -0.2) is 11.7 Å². The van der Waals surface area contributed by atoms with Crippen molar-refractivity contribution in [2.45, 2.75) is 46.3 Å². The van der Waals surface area contributed by atoms with Crippen molar-refractivity contribution < 1.29 is 4.74 Å². The van der Waals surface area contributed by atoms with Crippen LogP contribution in [0.15, 0.2) is 0 Å². The van der Waals surface area contributed by atoms with Crippen molar-refractivity contribution in [3.8, 4) is 0 Å². The minimum absolute atomic E-state index is 0.0891. The average molecular weight is 143 g/mol. The third kappa shape index (κ3) is 3.21. The molecule has 0 aliphatic heterocycles. The second kappa shape index (κ2) is 3.38. The van der Waals surface area contributed by atoms with Gasteiger partial charge in [0.2, 0.25) is 0 Å². The maximum atomic E-state index is 5.64. The number of ether oxygens (including phenoxy) is 1. The fourth-order valence-corrected chi connectivity index (χ4v) is 0.724. The van der Waals surface area contributed by atoms with Gasteiger partial charge in [0.25, 0.3) is 0 Å². The zero-order valence-corrected chi connectivity index (χ0v) is 7.77. The first-order valence-corrected chi connectivity index (χ1v) is 3.87. The summed E-state index contributed by atoms with van der Waals surface area (Å²) in [7, 11) is 0. The molecule has 10 heavy (non-hydrogen) atoms. The average Bonchev–Trinajstić information content (AvgIpc) is 1.60. The van der Waals surface area contributed by atoms with Crippen LogP contribution in [0.5, 0.6) is 0 Å². The number of rotatable bonds is 3. The van der Waals surface area contributed by atoms with Gasteiger partial charge in [0.15, 0.2) is 0 Å². The Kier molecular flexibility index (Phi) is 3.37. The molecule has 1 heteroatoms. The molecule has 0 aliphatic rings. The Balaban J connectivity index is 3.87. The van der Waals surface area contributed by atoms with Crippen LogP contribution < -0.4 is 0 Å². The van der Waals surface area contributed by atoms with Crippen molar-refractivity contribution in [1.82, 2.24) is 0 Å². The van der Waals surface area contributed by atoms with E-state index in [9.17, 15) is 0 Å². The lowest BCUT2D eigenvalue weighted by molar-refractivity contribution is -0.0776. The van der Waals surface area contributed by atoms with Gasteiger partial charge in [-0.25, -0.2) is 0 Å². The van der Waals surface area contributed by atoms with Crippen molar-refractivity contribution in [3.05, 3.63) is 6.92 Å². The second-order valence-corrected chi connectivity index (χ2v) is 3.67. The van der Waals surface area contributed by atoms with Gasteiger partial charge in [-0.2, -0.15) is 0 Å². The number of hydrogen-bond acceptors (Lipinski definition) is 1. The van der Waals surface area contributed by atoms with E-state index >= 15 is 0 Å². The largest absolute Gasteiger partial charge is 0.375 e. The monoisotopic (exact) mass is 143 g/mol. The van der Waals surface area contributed by atoms with E-state index in [4.69, 9.17) is 4.74 Å². The smallest absolute Gasteiger partial charge is 0.0524 e. The molecule has 0 fully saturated rings. The molecule has 1 unspecified atom stereocenters. The van der Waals surface area contributed by atoms with Crippen molar-refractivity contribution >= 4 is 0 Å². The van der Waals surface area contributed by atoms with Crippen molar-refractivity contribution in [3.63, 3.8) is 0 Å². The summed E-state index contributed by atoms with van der Waals surface area (Å²) in [6.07, 6.45) is 0.291. The predicted molar refractivity (Wildman–Crippen MR) is 44.8 cm³/mol. The summed E-state index contributed by atoms with van der Waals surface area (Å²) in [4.78, 5) is 0. The van der Waals surface area contributed by atoms with Crippen molar-refractivity contribution in [2.24, 2.45) is 5.92 Å². The summed E-state index contributed by atoms with van der Waals surface area (Å²) in [6, 6.07) is 0. The van der Waals surface area contributed by atoms with Crippen molar-refractivity contribution in [2.75, 3.05) is 0 Å². The molecule has 0 heterocycles. The Morgan fingerprint density at radius 1 is 1.20 bits per heavy atom. The van der Waals surface area contributed by atoms with Gasteiger partial charge >= 0.3 is 0 Å². The SMILES string of the molecule is [CH2-]C(C)C(C)(C)OC(C)C. The lowest BCUT2D eigenvalue weighted by Crippen LogP contribution is -2.33. The normalized spacial score (nSPS) is 15.9. The molecule has 1 nitrogen and oxygen atoms in total. The van der Waals surface area contributed by atoms with Crippen LogP contribution in [-0.2, 0) is 4.74 Å². The van der Waals surface area contributed by atoms with Gasteiger partial charge in [-0.1, -0.05) is 6.92 Å². The molecule has 0 N–H and O–H groups in total. The fourth-order valence-electron chi connectivity index (χ4n) is 0.724. The van der Waals surface area contributed by atoms with Crippen LogP contribution in [0.25, 0.3) is 0 Å². The molecule has 0 aromatic carbocycles. The zero-order valence-electron chi connectivity index (χ0n) is 7.77. The highest BCUT2D eigenvalue weighted by molar-refractivity contribution is 4.78. The van der Waals surface area contributed by atoms with E-state index in [0.29, 0.717) is 12.0 Å². The maximum Gasteiger partial charge on any atom is 0.0524 e. The summed E-state index contributed by atoms with van der Waals surface area (Å²) >= 11 is 0. The summed E-state index contributed by atoms with van der Waals surface area (Å²) in [5.41, 5.74) is -0.0891. The van der Waals surface area contributed by atoms with Crippen LogP contribution in [0.1, 0.15) is 34.6 Å². The van der Waals surface area contributed by atoms with E-state index in [1.807, 2.05) is 13.8 Å². The molecule has 0 amide bonds. The lowest BCUT2D eigenvalue weighted by Gasteiger charge is -2.36. The molecule has 0 aromatic heterocycles. The van der Waals surface area contributed by atoms with Gasteiger partial charge in [0.05, 0.1) is 6.10 Å². The molecule has 0 aliphatic carbocycles. The molecular weight excluding hydrogens is 124 g/mol. The van der Waals surface area contributed by atoms with E-state index < -0.39 is 0 Å². The van der Waals surface area contributed by atoms with E-state index in [2.05, 4.69) is 27.7 Å². The highest BCUT2D eigenvalue weighted by atomic mass is 16.5. The maximum absolute atomic E-state index is 5.64. The summed E-state index contributed by atoms with van der Waals surface area (Å²) in [5.74, 6) is 0.329. The topological polar surface area (TPSA) is 9.23 Å². The summed E-state index contributed by atoms with van der Waals surface area (Å²) in [6.45, 7) is 14.2. The molecule has 0 bridgehead atoms. The van der Waals surface area contributed by atoms with Gasteiger partial charge in [0, 0.05) is 5.60 Å². The summed E-state index contributed by atoms with van der Waals surface area (Å²) < 4.78 is 5.64. The van der Waals surface area contributed by atoms with Gasteiger partial charge in [-0.05, 0) is 27.7 Å². The van der Waals surface area contributed by atoms with Crippen LogP contribution >= 0.6 is 0 Å². The molecule has 1 atom stereocenters. The van der Waals surface area contributed by atoms with Gasteiger partial charge in [0.1, 0.15) is 0 Å². The van der Waals surface area contributed by atoms with Crippen molar-refractivity contribution in [1.29, 1.82) is 0 Å². The van der Waals surface area contributed by atoms with Crippen LogP contribution in [0, 0.1) is 12.8 Å². The quantitative estimate of drug-likeness (QED) is 0.552. The Morgan fingerprint density at radius 2 is 1.60 bits per heavy atom. The third-order valence-electron chi connectivity index (χ3n) is 1.73. The minimum Gasteiger partial charge on any atom is -0.375 e. The van der Waals surface area contributed by atoms with E-state index in [0.717, 1.165) is 0 Å². The van der Waals surface area contributed by atoms with Crippen LogP contribution in [0.2, 0.25) is 0 Å². The third-order valence-corrected chi connectivity index (χ3v) is 1.73. The number of hydrogen-bond donors (Lipinski definition) is 0. The lowest BCUT2D eigenvalue weighted by atomic mass is 9.94. The molecule has 0 spiro atoms. The second-order valence-electron chi connectivity index (χ2n) is 3.67. The molecule has 62 valence electrons. The summed E-state index contributed by atoms with van der Waals surface area (Å²) in [5, 5.41) is 0. The standard InChI is InChI=1S/C9H19O/c1-7(2)9(5,6)10-8(3)4/h7-8H,1H2,2-6H3/q-1. The molecule has 0 saturated carbocycles. The van der Waals surface area contributed by atoms with E-state index in [1.165, 1.54) is 0 Å². The fraction of sp³-hybridized carbons (Fsp3) is 0.889. The Hall–Kier alpha value is -0.0400.